The van der Waals surface area contributed by atoms with Crippen LogP contribution in [0.3, 0.4) is 0 Å². The van der Waals surface area contributed by atoms with E-state index < -0.39 is 0 Å². The summed E-state index contributed by atoms with van der Waals surface area (Å²) in [5, 5.41) is 4.06. The molecule has 0 atom stereocenters. The molecule has 0 spiro atoms. The first kappa shape index (κ1) is 19.6. The minimum atomic E-state index is -0.361. The molecule has 6 heteroatoms. The maximum atomic E-state index is 13.5. The summed E-state index contributed by atoms with van der Waals surface area (Å²) in [6.45, 7) is 2.44. The van der Waals surface area contributed by atoms with Crippen molar-refractivity contribution < 1.29 is 13.6 Å². The van der Waals surface area contributed by atoms with E-state index in [1.54, 1.807) is 42.4 Å². The van der Waals surface area contributed by atoms with Crippen LogP contribution in [-0.4, -0.2) is 22.8 Å². The third-order valence-electron chi connectivity index (χ3n) is 4.97. The van der Waals surface area contributed by atoms with Gasteiger partial charge in [-0.1, -0.05) is 31.2 Å². The van der Waals surface area contributed by atoms with Crippen LogP contribution >= 0.6 is 0 Å². The number of aryl methyl sites for hydroxylation is 1. The van der Waals surface area contributed by atoms with E-state index in [2.05, 4.69) is 10.3 Å². The normalized spacial score (nSPS) is 10.9. The fraction of sp³-hybridized carbons (Fsp3) is 0.167. The largest absolute Gasteiger partial charge is 0.461 e. The van der Waals surface area contributed by atoms with Crippen molar-refractivity contribution in [2.75, 3.05) is 12.4 Å². The van der Waals surface area contributed by atoms with Crippen LogP contribution in [0.15, 0.2) is 71.3 Å². The first-order chi connectivity index (χ1) is 14.6. The number of benzene rings is 2. The molecule has 0 aliphatic carbocycles. The van der Waals surface area contributed by atoms with Gasteiger partial charge >= 0.3 is 0 Å². The standard InChI is InChI=1S/C24H22FN3O2/c1-3-21-20(18-10-4-5-12-22(18)30-21)15-28(2)24(29)19-11-7-13-26-23(19)27-17-9-6-8-16(25)14-17/h4-14H,3,15H2,1-2H3,(H,26,27). The SMILES string of the molecule is CCc1oc2ccccc2c1CN(C)C(=O)c1cccnc1Nc1cccc(F)c1. The van der Waals surface area contributed by atoms with Gasteiger partial charge in [-0.25, -0.2) is 9.37 Å². The Morgan fingerprint density at radius 3 is 2.77 bits per heavy atom. The third kappa shape index (κ3) is 3.89. The summed E-state index contributed by atoms with van der Waals surface area (Å²) in [6, 6.07) is 17.3. The van der Waals surface area contributed by atoms with Gasteiger partial charge in [0.1, 0.15) is 23.0 Å². The molecule has 2 aromatic carbocycles. The summed E-state index contributed by atoms with van der Waals surface area (Å²) in [7, 11) is 1.75. The van der Waals surface area contributed by atoms with Crippen LogP contribution in [-0.2, 0) is 13.0 Å². The number of aromatic nitrogens is 1. The Hall–Kier alpha value is -3.67. The summed E-state index contributed by atoms with van der Waals surface area (Å²) in [5.41, 5.74) is 2.77. The van der Waals surface area contributed by atoms with E-state index in [1.165, 1.54) is 12.1 Å². The maximum absolute atomic E-state index is 13.5. The highest BCUT2D eigenvalue weighted by Crippen LogP contribution is 2.28. The van der Waals surface area contributed by atoms with Gasteiger partial charge in [-0.2, -0.15) is 0 Å². The highest BCUT2D eigenvalue weighted by molar-refractivity contribution is 5.99. The molecule has 0 aliphatic heterocycles. The van der Waals surface area contributed by atoms with Crippen molar-refractivity contribution in [3.05, 3.63) is 89.6 Å². The van der Waals surface area contributed by atoms with E-state index in [4.69, 9.17) is 4.42 Å². The number of hydrogen-bond acceptors (Lipinski definition) is 4. The smallest absolute Gasteiger partial charge is 0.257 e. The number of rotatable bonds is 6. The van der Waals surface area contributed by atoms with Gasteiger partial charge in [-0.15, -0.1) is 0 Å². The molecular formula is C24H22FN3O2. The first-order valence-corrected chi connectivity index (χ1v) is 9.79. The molecule has 5 nitrogen and oxygen atoms in total. The van der Waals surface area contributed by atoms with Crippen molar-refractivity contribution in [3.8, 4) is 0 Å². The number of amides is 1. The fourth-order valence-electron chi connectivity index (χ4n) is 3.50. The molecular weight excluding hydrogens is 381 g/mol. The summed E-state index contributed by atoms with van der Waals surface area (Å²) in [6.07, 6.45) is 2.34. The van der Waals surface area contributed by atoms with Crippen molar-refractivity contribution in [1.29, 1.82) is 0 Å². The molecule has 1 amide bonds. The van der Waals surface area contributed by atoms with Crippen LogP contribution in [0.4, 0.5) is 15.9 Å². The number of nitrogens with one attached hydrogen (secondary N) is 1. The number of nitrogens with zero attached hydrogens (tertiary/aromatic N) is 2. The van der Waals surface area contributed by atoms with Crippen LogP contribution in [0.2, 0.25) is 0 Å². The zero-order chi connectivity index (χ0) is 21.1. The van der Waals surface area contributed by atoms with Gasteiger partial charge in [-0.3, -0.25) is 4.79 Å². The van der Waals surface area contributed by atoms with E-state index in [0.29, 0.717) is 23.6 Å². The van der Waals surface area contributed by atoms with E-state index in [1.807, 2.05) is 31.2 Å². The molecule has 0 saturated heterocycles. The number of pyridine rings is 1. The average molecular weight is 403 g/mol. The maximum Gasteiger partial charge on any atom is 0.257 e. The monoisotopic (exact) mass is 403 g/mol. The van der Waals surface area contributed by atoms with Gasteiger partial charge in [0, 0.05) is 42.8 Å². The molecule has 0 radical (unpaired) electrons. The van der Waals surface area contributed by atoms with Crippen LogP contribution in [0, 0.1) is 5.82 Å². The molecule has 0 bridgehead atoms. The highest BCUT2D eigenvalue weighted by Gasteiger charge is 2.21. The topological polar surface area (TPSA) is 58.4 Å². The molecule has 4 rings (SSSR count). The first-order valence-electron chi connectivity index (χ1n) is 9.79. The zero-order valence-corrected chi connectivity index (χ0v) is 16.9. The van der Waals surface area contributed by atoms with Crippen molar-refractivity contribution >= 4 is 28.4 Å². The molecule has 0 unspecified atom stereocenters. The predicted molar refractivity (Wildman–Crippen MR) is 115 cm³/mol. The minimum Gasteiger partial charge on any atom is -0.461 e. The van der Waals surface area contributed by atoms with Gasteiger partial charge in [-0.05, 0) is 36.4 Å². The molecule has 2 heterocycles. The minimum absolute atomic E-state index is 0.186. The van der Waals surface area contributed by atoms with Crippen molar-refractivity contribution in [3.63, 3.8) is 0 Å². The molecule has 152 valence electrons. The number of hydrogen-bond donors (Lipinski definition) is 1. The molecule has 2 aromatic heterocycles. The Morgan fingerprint density at radius 2 is 1.97 bits per heavy atom. The molecule has 4 aromatic rings. The molecule has 0 aliphatic rings. The molecule has 0 fully saturated rings. The number of furan rings is 1. The van der Waals surface area contributed by atoms with E-state index in [9.17, 15) is 9.18 Å². The van der Waals surface area contributed by atoms with Gasteiger partial charge in [0.2, 0.25) is 0 Å². The lowest BCUT2D eigenvalue weighted by molar-refractivity contribution is 0.0785. The Balaban J connectivity index is 1.61. The Morgan fingerprint density at radius 1 is 1.13 bits per heavy atom. The number of carbonyl (C=O) groups excluding carboxylic acids is 1. The number of halogens is 1. The predicted octanol–water partition coefficient (Wildman–Crippen LogP) is 5.55. The van der Waals surface area contributed by atoms with E-state index in [-0.39, 0.29) is 11.7 Å². The average Bonchev–Trinajstić information content (AvgIpc) is 3.11. The fourth-order valence-corrected chi connectivity index (χ4v) is 3.50. The second kappa shape index (κ2) is 8.37. The quantitative estimate of drug-likeness (QED) is 0.459. The van der Waals surface area contributed by atoms with Gasteiger partial charge in [0.15, 0.2) is 0 Å². The van der Waals surface area contributed by atoms with Crippen LogP contribution < -0.4 is 5.32 Å². The number of carbonyl (C=O) groups is 1. The number of fused-ring (bicyclic) bond motifs is 1. The van der Waals surface area contributed by atoms with Gasteiger partial charge < -0.3 is 14.6 Å². The lowest BCUT2D eigenvalue weighted by Gasteiger charge is -2.19. The second-order valence-electron chi connectivity index (χ2n) is 7.05. The summed E-state index contributed by atoms with van der Waals surface area (Å²) in [5.74, 6) is 0.710. The van der Waals surface area contributed by atoms with E-state index in [0.717, 1.165) is 28.7 Å². The van der Waals surface area contributed by atoms with Gasteiger partial charge in [0.05, 0.1) is 5.56 Å². The summed E-state index contributed by atoms with van der Waals surface area (Å²) >= 11 is 0. The third-order valence-corrected chi connectivity index (χ3v) is 4.97. The van der Waals surface area contributed by atoms with Crippen molar-refractivity contribution in [2.45, 2.75) is 19.9 Å². The Kier molecular flexibility index (Phi) is 5.48. The van der Waals surface area contributed by atoms with Gasteiger partial charge in [0.25, 0.3) is 5.91 Å². The molecule has 30 heavy (non-hydrogen) atoms. The number of para-hydroxylation sites is 1. The second-order valence-corrected chi connectivity index (χ2v) is 7.05. The lowest BCUT2D eigenvalue weighted by atomic mass is 10.1. The van der Waals surface area contributed by atoms with Crippen LogP contribution in [0.5, 0.6) is 0 Å². The van der Waals surface area contributed by atoms with Crippen LogP contribution in [0.1, 0.15) is 28.6 Å². The summed E-state index contributed by atoms with van der Waals surface area (Å²) < 4.78 is 19.5. The molecule has 1 N–H and O–H groups in total. The lowest BCUT2D eigenvalue weighted by Crippen LogP contribution is -2.27. The zero-order valence-electron chi connectivity index (χ0n) is 16.9. The highest BCUT2D eigenvalue weighted by atomic mass is 19.1. The number of anilines is 2. The molecule has 0 saturated carbocycles. The Bertz CT molecular complexity index is 1200. The van der Waals surface area contributed by atoms with Crippen molar-refractivity contribution in [2.24, 2.45) is 0 Å². The van der Waals surface area contributed by atoms with Crippen LogP contribution in [0.25, 0.3) is 11.0 Å². The summed E-state index contributed by atoms with van der Waals surface area (Å²) in [4.78, 5) is 19.2. The van der Waals surface area contributed by atoms with E-state index >= 15 is 0 Å². The van der Waals surface area contributed by atoms with Crippen molar-refractivity contribution in [1.82, 2.24) is 9.88 Å². The Labute approximate surface area is 174 Å².